The fraction of sp³-hybridized carbons (Fsp3) is 0.267. The zero-order valence-electron chi connectivity index (χ0n) is 12.2. The first-order valence-electron chi connectivity index (χ1n) is 6.92. The van der Waals surface area contributed by atoms with Crippen LogP contribution < -0.4 is 5.32 Å². The van der Waals surface area contributed by atoms with E-state index in [1.807, 2.05) is 38.1 Å². The van der Waals surface area contributed by atoms with Crippen LogP contribution in [0.3, 0.4) is 0 Å². The van der Waals surface area contributed by atoms with E-state index in [4.69, 9.17) is 11.6 Å². The van der Waals surface area contributed by atoms with Crippen molar-refractivity contribution in [3.05, 3.63) is 45.1 Å². The second kappa shape index (κ2) is 6.06. The number of nitrogens with zero attached hydrogens (tertiary/aromatic N) is 2. The first-order chi connectivity index (χ1) is 10.5. The number of para-hydroxylation sites is 2. The van der Waals surface area contributed by atoms with Gasteiger partial charge < -0.3 is 10.3 Å². The molecule has 0 saturated carbocycles. The van der Waals surface area contributed by atoms with Crippen molar-refractivity contribution in [3.8, 4) is 0 Å². The van der Waals surface area contributed by atoms with Crippen LogP contribution in [0, 0.1) is 0 Å². The number of aromatic nitrogens is 3. The third-order valence-electron chi connectivity index (χ3n) is 3.22. The molecular weight excluding hydrogens is 320 g/mol. The number of thiazole rings is 1. The Morgan fingerprint density at radius 2 is 2.14 bits per heavy atom. The van der Waals surface area contributed by atoms with E-state index in [9.17, 15) is 4.79 Å². The van der Waals surface area contributed by atoms with Gasteiger partial charge in [0.25, 0.3) is 5.91 Å². The van der Waals surface area contributed by atoms with Crippen molar-refractivity contribution in [1.82, 2.24) is 20.3 Å². The lowest BCUT2D eigenvalue weighted by molar-refractivity contribution is 0.0944. The Hall–Kier alpha value is -1.92. The zero-order valence-corrected chi connectivity index (χ0v) is 13.8. The van der Waals surface area contributed by atoms with Gasteiger partial charge in [0.1, 0.15) is 11.5 Å². The van der Waals surface area contributed by atoms with E-state index < -0.39 is 0 Å². The molecule has 0 saturated heterocycles. The summed E-state index contributed by atoms with van der Waals surface area (Å²) in [5.74, 6) is 0.686. The number of hydrogen-bond acceptors (Lipinski definition) is 4. The number of H-pyrrole nitrogens is 1. The van der Waals surface area contributed by atoms with Crippen molar-refractivity contribution >= 4 is 39.9 Å². The summed E-state index contributed by atoms with van der Waals surface area (Å²) in [5.41, 5.74) is 2.23. The highest BCUT2D eigenvalue weighted by atomic mass is 35.5. The Kier molecular flexibility index (Phi) is 4.13. The van der Waals surface area contributed by atoms with Crippen LogP contribution in [0.2, 0.25) is 4.47 Å². The van der Waals surface area contributed by atoms with Gasteiger partial charge >= 0.3 is 0 Å². The summed E-state index contributed by atoms with van der Waals surface area (Å²) in [5, 5.41) is 2.84. The topological polar surface area (TPSA) is 70.7 Å². The van der Waals surface area contributed by atoms with Gasteiger partial charge in [-0.1, -0.05) is 37.6 Å². The number of carbonyl (C=O) groups is 1. The number of amides is 1. The summed E-state index contributed by atoms with van der Waals surface area (Å²) in [6.07, 6.45) is 0. The predicted octanol–water partition coefficient (Wildman–Crippen LogP) is 3.73. The van der Waals surface area contributed by atoms with Gasteiger partial charge in [0, 0.05) is 4.88 Å². The molecule has 0 fully saturated rings. The van der Waals surface area contributed by atoms with E-state index in [0.29, 0.717) is 22.5 Å². The summed E-state index contributed by atoms with van der Waals surface area (Å²) in [6.45, 7) is 4.35. The lowest BCUT2D eigenvalue weighted by Gasteiger charge is -2.05. The standard InChI is InChI=1S/C15H15ClN4OS/c1-8(2)13-12(20-15(16)22-13)14(21)17-7-11-18-9-5-3-4-6-10(9)19-11/h3-6,8H,7H2,1-2H3,(H,17,21)(H,18,19). The zero-order chi connectivity index (χ0) is 15.7. The van der Waals surface area contributed by atoms with Crippen LogP contribution in [0.25, 0.3) is 11.0 Å². The smallest absolute Gasteiger partial charge is 0.271 e. The summed E-state index contributed by atoms with van der Waals surface area (Å²) >= 11 is 7.28. The van der Waals surface area contributed by atoms with Crippen LogP contribution in [0.4, 0.5) is 0 Å². The fourth-order valence-electron chi connectivity index (χ4n) is 2.20. The van der Waals surface area contributed by atoms with Gasteiger partial charge in [-0.3, -0.25) is 4.79 Å². The van der Waals surface area contributed by atoms with Crippen LogP contribution >= 0.6 is 22.9 Å². The molecule has 3 aromatic rings. The number of nitrogens with one attached hydrogen (secondary N) is 2. The lowest BCUT2D eigenvalue weighted by atomic mass is 10.1. The highest BCUT2D eigenvalue weighted by molar-refractivity contribution is 7.16. The van der Waals surface area contributed by atoms with Crippen LogP contribution in [0.1, 0.15) is 41.0 Å². The number of fused-ring (bicyclic) bond motifs is 1. The summed E-state index contributed by atoms with van der Waals surface area (Å²) < 4.78 is 0.387. The third kappa shape index (κ3) is 2.98. The molecule has 7 heteroatoms. The first kappa shape index (κ1) is 15.0. The molecule has 22 heavy (non-hydrogen) atoms. The normalized spacial score (nSPS) is 11.3. The Labute approximate surface area is 136 Å². The van der Waals surface area contributed by atoms with Gasteiger partial charge in [0.2, 0.25) is 0 Å². The molecule has 0 radical (unpaired) electrons. The van der Waals surface area contributed by atoms with Crippen molar-refractivity contribution in [2.45, 2.75) is 26.3 Å². The molecule has 2 aromatic heterocycles. The number of benzene rings is 1. The first-order valence-corrected chi connectivity index (χ1v) is 8.12. The van der Waals surface area contributed by atoms with Crippen molar-refractivity contribution < 1.29 is 4.79 Å². The van der Waals surface area contributed by atoms with Gasteiger partial charge in [0.05, 0.1) is 17.6 Å². The maximum atomic E-state index is 12.3. The van der Waals surface area contributed by atoms with E-state index >= 15 is 0 Å². The van der Waals surface area contributed by atoms with Crippen molar-refractivity contribution in [2.24, 2.45) is 0 Å². The van der Waals surface area contributed by atoms with Crippen LogP contribution in [0.15, 0.2) is 24.3 Å². The average molecular weight is 335 g/mol. The number of aromatic amines is 1. The number of halogens is 1. The molecule has 2 heterocycles. The maximum Gasteiger partial charge on any atom is 0.271 e. The van der Waals surface area contributed by atoms with E-state index in [1.54, 1.807) is 0 Å². The predicted molar refractivity (Wildman–Crippen MR) is 88.5 cm³/mol. The van der Waals surface area contributed by atoms with E-state index in [2.05, 4.69) is 20.3 Å². The van der Waals surface area contributed by atoms with E-state index in [-0.39, 0.29) is 11.8 Å². The van der Waals surface area contributed by atoms with Gasteiger partial charge in [0.15, 0.2) is 4.47 Å². The minimum Gasteiger partial charge on any atom is -0.343 e. The second-order valence-corrected chi connectivity index (χ2v) is 6.83. The van der Waals surface area contributed by atoms with Gasteiger partial charge in [-0.25, -0.2) is 9.97 Å². The molecule has 5 nitrogen and oxygen atoms in total. The van der Waals surface area contributed by atoms with Crippen molar-refractivity contribution in [3.63, 3.8) is 0 Å². The third-order valence-corrected chi connectivity index (χ3v) is 4.68. The Morgan fingerprint density at radius 3 is 2.86 bits per heavy atom. The average Bonchev–Trinajstić information content (AvgIpc) is 3.07. The maximum absolute atomic E-state index is 12.3. The molecule has 0 bridgehead atoms. The molecule has 0 unspecified atom stereocenters. The van der Waals surface area contributed by atoms with Crippen molar-refractivity contribution in [2.75, 3.05) is 0 Å². The second-order valence-electron chi connectivity index (χ2n) is 5.22. The van der Waals surface area contributed by atoms with E-state index in [0.717, 1.165) is 15.9 Å². The largest absolute Gasteiger partial charge is 0.343 e. The quantitative estimate of drug-likeness (QED) is 0.763. The molecule has 3 rings (SSSR count). The van der Waals surface area contributed by atoms with Crippen LogP contribution in [-0.4, -0.2) is 20.9 Å². The van der Waals surface area contributed by atoms with Crippen LogP contribution in [0.5, 0.6) is 0 Å². The lowest BCUT2D eigenvalue weighted by Crippen LogP contribution is -2.24. The summed E-state index contributed by atoms with van der Waals surface area (Å²) in [6, 6.07) is 7.74. The minimum absolute atomic E-state index is 0.206. The van der Waals surface area contributed by atoms with Crippen LogP contribution in [-0.2, 0) is 6.54 Å². The minimum atomic E-state index is -0.229. The monoisotopic (exact) mass is 334 g/mol. The van der Waals surface area contributed by atoms with Gasteiger partial charge in [-0.2, -0.15) is 0 Å². The molecule has 1 aromatic carbocycles. The highest BCUT2D eigenvalue weighted by Crippen LogP contribution is 2.29. The molecule has 0 aliphatic carbocycles. The summed E-state index contributed by atoms with van der Waals surface area (Å²) in [7, 11) is 0. The SMILES string of the molecule is CC(C)c1sc(Cl)nc1C(=O)NCc1nc2ccccc2[nH]1. The molecule has 114 valence electrons. The Balaban J connectivity index is 1.74. The number of hydrogen-bond donors (Lipinski definition) is 2. The fourth-order valence-corrected chi connectivity index (χ4v) is 3.32. The Morgan fingerprint density at radius 1 is 1.36 bits per heavy atom. The van der Waals surface area contributed by atoms with Crippen molar-refractivity contribution in [1.29, 1.82) is 0 Å². The van der Waals surface area contributed by atoms with E-state index in [1.165, 1.54) is 11.3 Å². The molecular formula is C15H15ClN4OS. The van der Waals surface area contributed by atoms with Gasteiger partial charge in [-0.05, 0) is 18.1 Å². The molecule has 0 spiro atoms. The molecule has 0 aliphatic heterocycles. The van der Waals surface area contributed by atoms with Gasteiger partial charge in [-0.15, -0.1) is 11.3 Å². The molecule has 0 atom stereocenters. The Bertz CT molecular complexity index is 791. The molecule has 0 aliphatic rings. The number of carbonyl (C=O) groups excluding carboxylic acids is 1. The number of rotatable bonds is 4. The number of imidazole rings is 1. The molecule has 2 N–H and O–H groups in total. The molecule has 1 amide bonds. The summed E-state index contributed by atoms with van der Waals surface area (Å²) in [4.78, 5) is 24.9. The highest BCUT2D eigenvalue weighted by Gasteiger charge is 2.19.